The SMILES string of the molecule is CCc1ccc(NC(N)=NCC(c2ccc(OC)c(OC)c2)N2CCOCC2)cc1. The van der Waals surface area contributed by atoms with Gasteiger partial charge in [0.15, 0.2) is 17.5 Å². The molecule has 1 unspecified atom stereocenters. The minimum Gasteiger partial charge on any atom is -0.493 e. The normalized spacial score (nSPS) is 16.2. The van der Waals surface area contributed by atoms with E-state index in [9.17, 15) is 0 Å². The smallest absolute Gasteiger partial charge is 0.193 e. The van der Waals surface area contributed by atoms with Gasteiger partial charge in [0, 0.05) is 18.8 Å². The summed E-state index contributed by atoms with van der Waals surface area (Å²) in [7, 11) is 3.29. The number of hydrogen-bond donors (Lipinski definition) is 2. The van der Waals surface area contributed by atoms with E-state index in [1.54, 1.807) is 14.2 Å². The molecule has 1 heterocycles. The molecule has 0 aliphatic carbocycles. The number of nitrogens with one attached hydrogen (secondary N) is 1. The maximum Gasteiger partial charge on any atom is 0.193 e. The summed E-state index contributed by atoms with van der Waals surface area (Å²) in [5, 5.41) is 3.18. The number of rotatable bonds is 8. The molecule has 3 rings (SSSR count). The molecule has 0 spiro atoms. The van der Waals surface area contributed by atoms with Crippen molar-refractivity contribution in [2.24, 2.45) is 10.7 Å². The largest absolute Gasteiger partial charge is 0.493 e. The number of benzene rings is 2. The van der Waals surface area contributed by atoms with Crippen molar-refractivity contribution >= 4 is 11.6 Å². The molecule has 7 nitrogen and oxygen atoms in total. The first-order chi connectivity index (χ1) is 14.6. The zero-order chi connectivity index (χ0) is 21.3. The molecule has 0 amide bonds. The van der Waals surface area contributed by atoms with E-state index in [4.69, 9.17) is 19.9 Å². The van der Waals surface area contributed by atoms with Gasteiger partial charge in [0.05, 0.1) is 40.0 Å². The van der Waals surface area contributed by atoms with Gasteiger partial charge in [-0.2, -0.15) is 0 Å². The van der Waals surface area contributed by atoms with Gasteiger partial charge >= 0.3 is 0 Å². The summed E-state index contributed by atoms with van der Waals surface area (Å²) < 4.78 is 16.4. The van der Waals surface area contributed by atoms with E-state index in [-0.39, 0.29) is 6.04 Å². The van der Waals surface area contributed by atoms with Crippen molar-refractivity contribution < 1.29 is 14.2 Å². The van der Waals surface area contributed by atoms with Crippen molar-refractivity contribution in [3.63, 3.8) is 0 Å². The maximum absolute atomic E-state index is 6.18. The Kier molecular flexibility index (Phi) is 7.93. The van der Waals surface area contributed by atoms with Crippen LogP contribution in [0.3, 0.4) is 0 Å². The molecule has 1 atom stereocenters. The standard InChI is InChI=1S/C23H32N4O3/c1-4-17-5-8-19(9-6-17)26-23(24)25-16-20(27-11-13-30-14-12-27)18-7-10-21(28-2)22(15-18)29-3/h5-10,15,20H,4,11-14,16H2,1-3H3,(H3,24,25,26). The van der Waals surface area contributed by atoms with Gasteiger partial charge in [0.1, 0.15) is 0 Å². The highest BCUT2D eigenvalue weighted by Gasteiger charge is 2.23. The number of guanidine groups is 1. The fraction of sp³-hybridized carbons (Fsp3) is 0.435. The minimum absolute atomic E-state index is 0.0662. The van der Waals surface area contributed by atoms with Crippen LogP contribution in [0.4, 0.5) is 5.69 Å². The van der Waals surface area contributed by atoms with Crippen molar-refractivity contribution in [2.45, 2.75) is 19.4 Å². The van der Waals surface area contributed by atoms with E-state index < -0.39 is 0 Å². The number of nitrogens with two attached hydrogens (primary N) is 1. The molecule has 0 saturated carbocycles. The van der Waals surface area contributed by atoms with Crippen LogP contribution in [0.25, 0.3) is 0 Å². The zero-order valence-corrected chi connectivity index (χ0v) is 18.1. The molecule has 0 aromatic heterocycles. The first kappa shape index (κ1) is 21.9. The van der Waals surface area contributed by atoms with Crippen molar-refractivity contribution in [3.8, 4) is 11.5 Å². The summed E-state index contributed by atoms with van der Waals surface area (Å²) >= 11 is 0. The fourth-order valence-corrected chi connectivity index (χ4v) is 3.58. The van der Waals surface area contributed by atoms with Gasteiger partial charge in [0.25, 0.3) is 0 Å². The number of morpholine rings is 1. The Morgan fingerprint density at radius 2 is 1.80 bits per heavy atom. The van der Waals surface area contributed by atoms with Crippen LogP contribution in [0, 0.1) is 0 Å². The lowest BCUT2D eigenvalue weighted by Crippen LogP contribution is -2.40. The molecule has 30 heavy (non-hydrogen) atoms. The second-order valence-corrected chi connectivity index (χ2v) is 7.18. The van der Waals surface area contributed by atoms with Crippen molar-refractivity contribution in [1.82, 2.24) is 4.90 Å². The summed E-state index contributed by atoms with van der Waals surface area (Å²) in [6, 6.07) is 14.3. The molecule has 1 fully saturated rings. The van der Waals surface area contributed by atoms with Gasteiger partial charge in [-0.15, -0.1) is 0 Å². The molecule has 3 N–H and O–H groups in total. The lowest BCUT2D eigenvalue weighted by molar-refractivity contribution is 0.0179. The number of hydrogen-bond acceptors (Lipinski definition) is 5. The van der Waals surface area contributed by atoms with Crippen molar-refractivity contribution in [3.05, 3.63) is 53.6 Å². The number of ether oxygens (including phenoxy) is 3. The third kappa shape index (κ3) is 5.64. The zero-order valence-electron chi connectivity index (χ0n) is 18.1. The Morgan fingerprint density at radius 1 is 1.10 bits per heavy atom. The predicted octanol–water partition coefficient (Wildman–Crippen LogP) is 3.07. The molecule has 2 aromatic rings. The van der Waals surface area contributed by atoms with Gasteiger partial charge in [-0.25, -0.2) is 0 Å². The highest BCUT2D eigenvalue weighted by molar-refractivity contribution is 5.92. The monoisotopic (exact) mass is 412 g/mol. The lowest BCUT2D eigenvalue weighted by atomic mass is 10.0. The molecule has 7 heteroatoms. The number of methoxy groups -OCH3 is 2. The number of aliphatic imine (C=N–C) groups is 1. The van der Waals surface area contributed by atoms with Crippen LogP contribution >= 0.6 is 0 Å². The third-order valence-corrected chi connectivity index (χ3v) is 5.35. The van der Waals surface area contributed by atoms with Crippen LogP contribution in [0.15, 0.2) is 47.5 Å². The van der Waals surface area contributed by atoms with E-state index >= 15 is 0 Å². The van der Waals surface area contributed by atoms with Crippen LogP contribution in [0.5, 0.6) is 11.5 Å². The van der Waals surface area contributed by atoms with Gasteiger partial charge in [-0.05, 0) is 41.8 Å². The molecular weight excluding hydrogens is 380 g/mol. The molecule has 1 saturated heterocycles. The van der Waals surface area contributed by atoms with Crippen LogP contribution < -0.4 is 20.5 Å². The Balaban J connectivity index is 1.77. The molecule has 1 aliphatic heterocycles. The molecule has 0 bridgehead atoms. The van der Waals surface area contributed by atoms with Gasteiger partial charge in [-0.3, -0.25) is 9.89 Å². The van der Waals surface area contributed by atoms with Gasteiger partial charge in [-0.1, -0.05) is 25.1 Å². The quantitative estimate of drug-likeness (QED) is 0.512. The Labute approximate surface area is 178 Å². The number of aryl methyl sites for hydroxylation is 1. The van der Waals surface area contributed by atoms with Crippen LogP contribution in [-0.4, -0.2) is 57.9 Å². The van der Waals surface area contributed by atoms with Crippen LogP contribution in [-0.2, 0) is 11.2 Å². The Hall–Kier alpha value is -2.77. The average Bonchev–Trinajstić information content (AvgIpc) is 2.80. The summed E-state index contributed by atoms with van der Waals surface area (Å²) in [5.41, 5.74) is 9.52. The topological polar surface area (TPSA) is 81.3 Å². The summed E-state index contributed by atoms with van der Waals surface area (Å²) in [4.78, 5) is 7.01. The van der Waals surface area contributed by atoms with Gasteiger partial charge < -0.3 is 25.3 Å². The van der Waals surface area contributed by atoms with E-state index in [2.05, 4.69) is 40.3 Å². The first-order valence-corrected chi connectivity index (χ1v) is 10.3. The number of anilines is 1. The summed E-state index contributed by atoms with van der Waals surface area (Å²) in [5.74, 6) is 1.82. The Morgan fingerprint density at radius 3 is 2.43 bits per heavy atom. The predicted molar refractivity (Wildman–Crippen MR) is 121 cm³/mol. The molecule has 162 valence electrons. The molecule has 2 aromatic carbocycles. The average molecular weight is 413 g/mol. The number of nitrogens with zero attached hydrogens (tertiary/aromatic N) is 2. The first-order valence-electron chi connectivity index (χ1n) is 10.3. The minimum atomic E-state index is 0.0662. The second-order valence-electron chi connectivity index (χ2n) is 7.18. The lowest BCUT2D eigenvalue weighted by Gasteiger charge is -2.34. The maximum atomic E-state index is 6.18. The van der Waals surface area contributed by atoms with E-state index in [0.29, 0.717) is 37.2 Å². The van der Waals surface area contributed by atoms with Crippen molar-refractivity contribution in [1.29, 1.82) is 0 Å². The molecule has 0 radical (unpaired) electrons. The van der Waals surface area contributed by atoms with Crippen LogP contribution in [0.1, 0.15) is 24.1 Å². The highest BCUT2D eigenvalue weighted by atomic mass is 16.5. The highest BCUT2D eigenvalue weighted by Crippen LogP contribution is 2.32. The van der Waals surface area contributed by atoms with E-state index in [0.717, 1.165) is 30.8 Å². The third-order valence-electron chi connectivity index (χ3n) is 5.35. The molecular formula is C23H32N4O3. The van der Waals surface area contributed by atoms with Gasteiger partial charge in [0.2, 0.25) is 0 Å². The van der Waals surface area contributed by atoms with E-state index in [1.807, 2.05) is 24.3 Å². The fourth-order valence-electron chi connectivity index (χ4n) is 3.58. The molecule has 1 aliphatic rings. The summed E-state index contributed by atoms with van der Waals surface area (Å²) in [6.07, 6.45) is 1.01. The van der Waals surface area contributed by atoms with Crippen molar-refractivity contribution in [2.75, 3.05) is 52.4 Å². The Bertz CT molecular complexity index is 833. The summed E-state index contributed by atoms with van der Waals surface area (Å²) in [6.45, 7) is 5.79. The van der Waals surface area contributed by atoms with E-state index in [1.165, 1.54) is 5.56 Å². The second kappa shape index (κ2) is 10.8. The van der Waals surface area contributed by atoms with Crippen LogP contribution in [0.2, 0.25) is 0 Å².